The number of piperazine rings is 1. The molecule has 154 valence electrons. The van der Waals surface area contributed by atoms with Crippen molar-refractivity contribution >= 4 is 17.3 Å². The molecule has 7 heteroatoms. The Balaban J connectivity index is 1.30. The molecule has 3 aromatic rings. The number of amides is 1. The summed E-state index contributed by atoms with van der Waals surface area (Å²) in [6, 6.07) is 20.5. The summed E-state index contributed by atoms with van der Waals surface area (Å²) in [5.74, 6) is 1.67. The highest BCUT2D eigenvalue weighted by Crippen LogP contribution is 2.28. The van der Waals surface area contributed by atoms with Crippen LogP contribution in [0, 0.1) is 10.1 Å². The van der Waals surface area contributed by atoms with Gasteiger partial charge in [-0.25, -0.2) is 0 Å². The first kappa shape index (κ1) is 19.7. The van der Waals surface area contributed by atoms with Crippen molar-refractivity contribution in [3.8, 4) is 11.3 Å². The summed E-state index contributed by atoms with van der Waals surface area (Å²) in [6.07, 6.45) is 0.934. The first-order valence-electron chi connectivity index (χ1n) is 10.0. The summed E-state index contributed by atoms with van der Waals surface area (Å²) in [5, 5.41) is 11.3. The van der Waals surface area contributed by atoms with Crippen molar-refractivity contribution in [1.82, 2.24) is 4.90 Å². The minimum atomic E-state index is -0.361. The van der Waals surface area contributed by atoms with Crippen LogP contribution in [0.3, 0.4) is 0 Å². The second kappa shape index (κ2) is 8.82. The number of carbonyl (C=O) groups is 1. The Morgan fingerprint density at radius 1 is 0.933 bits per heavy atom. The molecule has 0 N–H and O–H groups in total. The predicted molar refractivity (Wildman–Crippen MR) is 114 cm³/mol. The smallest absolute Gasteiger partial charge is 0.292 e. The van der Waals surface area contributed by atoms with E-state index in [0.29, 0.717) is 44.7 Å². The number of carbonyl (C=O) groups excluding carboxylic acids is 1. The minimum absolute atomic E-state index is 0.0786. The summed E-state index contributed by atoms with van der Waals surface area (Å²) in [6.45, 7) is 2.27. The van der Waals surface area contributed by atoms with E-state index in [1.165, 1.54) is 6.07 Å². The molecular weight excluding hydrogens is 382 g/mol. The van der Waals surface area contributed by atoms with Crippen LogP contribution in [0.1, 0.15) is 12.2 Å². The van der Waals surface area contributed by atoms with E-state index in [0.717, 1.165) is 17.1 Å². The van der Waals surface area contributed by atoms with Gasteiger partial charge in [0.2, 0.25) is 5.91 Å². The van der Waals surface area contributed by atoms with Gasteiger partial charge in [-0.15, -0.1) is 0 Å². The van der Waals surface area contributed by atoms with Crippen LogP contribution in [0.5, 0.6) is 0 Å². The largest absolute Gasteiger partial charge is 0.461 e. The van der Waals surface area contributed by atoms with Crippen molar-refractivity contribution in [2.24, 2.45) is 0 Å². The van der Waals surface area contributed by atoms with Crippen molar-refractivity contribution in [1.29, 1.82) is 0 Å². The van der Waals surface area contributed by atoms with Crippen LogP contribution in [-0.4, -0.2) is 41.9 Å². The van der Waals surface area contributed by atoms with Crippen LogP contribution in [0.15, 0.2) is 71.1 Å². The lowest BCUT2D eigenvalue weighted by Crippen LogP contribution is -2.49. The lowest BCUT2D eigenvalue weighted by Gasteiger charge is -2.35. The Morgan fingerprint density at radius 2 is 1.63 bits per heavy atom. The van der Waals surface area contributed by atoms with Crippen molar-refractivity contribution < 1.29 is 14.1 Å². The zero-order valence-corrected chi connectivity index (χ0v) is 16.6. The van der Waals surface area contributed by atoms with Gasteiger partial charge in [-0.3, -0.25) is 14.9 Å². The highest BCUT2D eigenvalue weighted by molar-refractivity contribution is 5.77. The van der Waals surface area contributed by atoms with Gasteiger partial charge in [0.05, 0.1) is 4.92 Å². The van der Waals surface area contributed by atoms with E-state index >= 15 is 0 Å². The molecule has 1 amide bonds. The summed E-state index contributed by atoms with van der Waals surface area (Å²) in [7, 11) is 0. The van der Waals surface area contributed by atoms with E-state index < -0.39 is 0 Å². The molecule has 0 saturated carbocycles. The van der Waals surface area contributed by atoms with Gasteiger partial charge in [0.25, 0.3) is 5.69 Å². The van der Waals surface area contributed by atoms with Gasteiger partial charge in [-0.1, -0.05) is 42.5 Å². The summed E-state index contributed by atoms with van der Waals surface area (Å²) in [5.41, 5.74) is 1.73. The third-order valence-corrected chi connectivity index (χ3v) is 5.36. The molecule has 30 heavy (non-hydrogen) atoms. The number of nitrogens with zero attached hydrogens (tertiary/aromatic N) is 3. The van der Waals surface area contributed by atoms with E-state index in [4.69, 9.17) is 4.42 Å². The van der Waals surface area contributed by atoms with Crippen molar-refractivity contribution in [3.63, 3.8) is 0 Å². The molecule has 1 fully saturated rings. The molecular formula is C23H23N3O4. The van der Waals surface area contributed by atoms with E-state index in [2.05, 4.69) is 0 Å². The SMILES string of the molecule is O=C(CCc1ccc(-c2ccccc2)o1)N1CCN(c2ccccc2[N+](=O)[O-])CC1. The van der Waals surface area contributed by atoms with E-state index in [1.807, 2.05) is 52.3 Å². The number of nitro groups is 1. The number of aryl methyl sites for hydroxylation is 1. The van der Waals surface area contributed by atoms with Gasteiger partial charge >= 0.3 is 0 Å². The molecule has 4 rings (SSSR count). The molecule has 0 unspecified atom stereocenters. The van der Waals surface area contributed by atoms with E-state index in [9.17, 15) is 14.9 Å². The summed E-state index contributed by atoms with van der Waals surface area (Å²) >= 11 is 0. The van der Waals surface area contributed by atoms with Gasteiger partial charge in [-0.05, 0) is 18.2 Å². The molecule has 2 aromatic carbocycles. The molecule has 0 aliphatic carbocycles. The maximum atomic E-state index is 12.6. The van der Waals surface area contributed by atoms with Crippen LogP contribution in [-0.2, 0) is 11.2 Å². The second-order valence-electron chi connectivity index (χ2n) is 7.25. The molecule has 0 radical (unpaired) electrons. The lowest BCUT2D eigenvalue weighted by molar-refractivity contribution is -0.384. The standard InChI is InChI=1S/C23H23N3O4/c27-23(13-11-19-10-12-22(30-19)18-6-2-1-3-7-18)25-16-14-24(15-17-25)20-8-4-5-9-21(20)26(28)29/h1-10,12H,11,13-17H2. The zero-order chi connectivity index (χ0) is 20.9. The highest BCUT2D eigenvalue weighted by Gasteiger charge is 2.25. The summed E-state index contributed by atoms with van der Waals surface area (Å²) < 4.78 is 5.88. The van der Waals surface area contributed by atoms with Crippen LogP contribution >= 0.6 is 0 Å². The molecule has 0 spiro atoms. The molecule has 2 heterocycles. The first-order valence-corrected chi connectivity index (χ1v) is 10.0. The van der Waals surface area contributed by atoms with Crippen LogP contribution in [0.4, 0.5) is 11.4 Å². The molecule has 1 aliphatic rings. The molecule has 7 nitrogen and oxygen atoms in total. The Morgan fingerprint density at radius 3 is 2.37 bits per heavy atom. The van der Waals surface area contributed by atoms with Gasteiger partial charge in [0.1, 0.15) is 17.2 Å². The number of hydrogen-bond donors (Lipinski definition) is 0. The topological polar surface area (TPSA) is 79.8 Å². The van der Waals surface area contributed by atoms with Crippen molar-refractivity contribution in [2.45, 2.75) is 12.8 Å². The average Bonchev–Trinajstić information content (AvgIpc) is 3.27. The minimum Gasteiger partial charge on any atom is -0.461 e. The molecule has 1 saturated heterocycles. The lowest BCUT2D eigenvalue weighted by atomic mass is 10.2. The highest BCUT2D eigenvalue weighted by atomic mass is 16.6. The molecule has 0 atom stereocenters. The van der Waals surface area contributed by atoms with Gasteiger partial charge in [-0.2, -0.15) is 0 Å². The third kappa shape index (κ3) is 4.35. The fourth-order valence-corrected chi connectivity index (χ4v) is 3.74. The van der Waals surface area contributed by atoms with Crippen molar-refractivity contribution in [3.05, 3.63) is 82.6 Å². The van der Waals surface area contributed by atoms with E-state index in [-0.39, 0.29) is 16.5 Å². The molecule has 1 aromatic heterocycles. The predicted octanol–water partition coefficient (Wildman–Crippen LogP) is 4.14. The number of benzene rings is 2. The van der Waals surface area contributed by atoms with Gasteiger partial charge in [0, 0.05) is 50.7 Å². The maximum absolute atomic E-state index is 12.6. The second-order valence-corrected chi connectivity index (χ2v) is 7.25. The van der Waals surface area contributed by atoms with E-state index in [1.54, 1.807) is 18.2 Å². The number of nitro benzene ring substituents is 1. The van der Waals surface area contributed by atoms with Crippen LogP contribution in [0.25, 0.3) is 11.3 Å². The molecule has 0 bridgehead atoms. The molecule has 1 aliphatic heterocycles. The fourth-order valence-electron chi connectivity index (χ4n) is 3.74. The van der Waals surface area contributed by atoms with Gasteiger partial charge < -0.3 is 14.2 Å². The Kier molecular flexibility index (Phi) is 5.79. The summed E-state index contributed by atoms with van der Waals surface area (Å²) in [4.78, 5) is 27.3. The number of anilines is 1. The van der Waals surface area contributed by atoms with Crippen molar-refractivity contribution in [2.75, 3.05) is 31.1 Å². The quantitative estimate of drug-likeness (QED) is 0.455. The maximum Gasteiger partial charge on any atom is 0.292 e. The average molecular weight is 405 g/mol. The fraction of sp³-hybridized carbons (Fsp3) is 0.261. The number of furan rings is 1. The monoisotopic (exact) mass is 405 g/mol. The Labute approximate surface area is 174 Å². The van der Waals surface area contributed by atoms with Gasteiger partial charge in [0.15, 0.2) is 0 Å². The zero-order valence-electron chi connectivity index (χ0n) is 16.6. The number of para-hydroxylation sites is 2. The van der Waals surface area contributed by atoms with Crippen LogP contribution < -0.4 is 4.90 Å². The first-order chi connectivity index (χ1) is 14.6. The number of hydrogen-bond acceptors (Lipinski definition) is 5. The third-order valence-electron chi connectivity index (χ3n) is 5.36. The number of rotatable bonds is 6. The Bertz CT molecular complexity index is 1020. The normalized spacial score (nSPS) is 14.0. The van der Waals surface area contributed by atoms with Crippen LogP contribution in [0.2, 0.25) is 0 Å². The Hall–Kier alpha value is -3.61.